The predicted octanol–water partition coefficient (Wildman–Crippen LogP) is 1.28. The minimum absolute atomic E-state index is 0.00105. The largest absolute Gasteiger partial charge is 0.396 e. The number of carbonyl (C=O) groups is 1. The van der Waals surface area contributed by atoms with Crippen LogP contribution in [0.4, 0.5) is 10.5 Å². The van der Waals surface area contributed by atoms with E-state index in [-0.39, 0.29) is 28.3 Å². The molecule has 0 aliphatic heterocycles. The number of nitrogens with one attached hydrogen (secondary N) is 3. The molecule has 0 heterocycles. The van der Waals surface area contributed by atoms with Crippen LogP contribution in [0.5, 0.6) is 0 Å². The minimum atomic E-state index is -3.61. The van der Waals surface area contributed by atoms with Crippen molar-refractivity contribution in [2.24, 2.45) is 0 Å². The van der Waals surface area contributed by atoms with Crippen LogP contribution < -0.4 is 15.4 Å². The van der Waals surface area contributed by atoms with Crippen molar-refractivity contribution in [3.63, 3.8) is 0 Å². The van der Waals surface area contributed by atoms with Crippen molar-refractivity contribution in [2.45, 2.75) is 30.2 Å². The number of amides is 2. The molecule has 1 aromatic carbocycles. The second kappa shape index (κ2) is 7.28. The van der Waals surface area contributed by atoms with Crippen LogP contribution in [0.3, 0.4) is 0 Å². The maximum absolute atomic E-state index is 12.1. The average molecular weight is 348 g/mol. The molecule has 1 fully saturated rings. The van der Waals surface area contributed by atoms with Crippen LogP contribution in [0.15, 0.2) is 23.1 Å². The number of rotatable bonds is 7. The lowest BCUT2D eigenvalue weighted by Crippen LogP contribution is -2.30. The third-order valence-corrected chi connectivity index (χ3v) is 4.86. The molecule has 0 saturated heterocycles. The summed E-state index contributed by atoms with van der Waals surface area (Å²) in [4.78, 5) is 11.7. The van der Waals surface area contributed by atoms with Crippen LogP contribution in [-0.2, 0) is 10.0 Å². The molecule has 4 N–H and O–H groups in total. The van der Waals surface area contributed by atoms with E-state index in [4.69, 9.17) is 16.7 Å². The Morgan fingerprint density at radius 2 is 2.09 bits per heavy atom. The Kier molecular flexibility index (Phi) is 5.63. The van der Waals surface area contributed by atoms with Crippen molar-refractivity contribution < 1.29 is 18.3 Å². The summed E-state index contributed by atoms with van der Waals surface area (Å²) in [7, 11) is -3.61. The summed E-state index contributed by atoms with van der Waals surface area (Å²) in [5, 5.41) is 13.9. The molecule has 1 aliphatic rings. The van der Waals surface area contributed by atoms with Gasteiger partial charge in [0.05, 0.1) is 15.6 Å². The lowest BCUT2D eigenvalue weighted by molar-refractivity contribution is 0.249. The van der Waals surface area contributed by atoms with Crippen LogP contribution in [0.1, 0.15) is 19.3 Å². The number of aliphatic hydroxyl groups is 1. The normalized spacial score (nSPS) is 14.6. The first-order chi connectivity index (χ1) is 10.4. The molecular formula is C13H18ClN3O4S. The molecule has 1 saturated carbocycles. The highest BCUT2D eigenvalue weighted by Gasteiger charge is 2.28. The van der Waals surface area contributed by atoms with Gasteiger partial charge in [-0.3, -0.25) is 0 Å². The van der Waals surface area contributed by atoms with Gasteiger partial charge in [0, 0.05) is 19.2 Å². The number of anilines is 1. The van der Waals surface area contributed by atoms with Crippen molar-refractivity contribution in [1.29, 1.82) is 0 Å². The zero-order chi connectivity index (χ0) is 16.2. The van der Waals surface area contributed by atoms with Crippen molar-refractivity contribution in [1.82, 2.24) is 10.0 Å². The monoisotopic (exact) mass is 347 g/mol. The summed E-state index contributed by atoms with van der Waals surface area (Å²) >= 11 is 5.97. The molecule has 9 heteroatoms. The molecule has 0 bridgehead atoms. The number of carbonyl (C=O) groups excluding carboxylic acids is 1. The molecule has 2 amide bonds. The number of halogens is 1. The Morgan fingerprint density at radius 1 is 1.36 bits per heavy atom. The number of hydrogen-bond acceptors (Lipinski definition) is 4. The number of aliphatic hydroxyl groups excluding tert-OH is 1. The molecule has 22 heavy (non-hydrogen) atoms. The van der Waals surface area contributed by atoms with E-state index in [1.165, 1.54) is 18.2 Å². The first-order valence-corrected chi connectivity index (χ1v) is 8.76. The maximum atomic E-state index is 12.1. The Hall–Kier alpha value is -1.35. The van der Waals surface area contributed by atoms with Gasteiger partial charge in [-0.05, 0) is 37.5 Å². The third-order valence-electron chi connectivity index (χ3n) is 3.02. The van der Waals surface area contributed by atoms with E-state index in [2.05, 4.69) is 15.4 Å². The zero-order valence-corrected chi connectivity index (χ0v) is 13.4. The molecule has 1 aliphatic carbocycles. The number of benzene rings is 1. The second-order valence-corrected chi connectivity index (χ2v) is 7.12. The van der Waals surface area contributed by atoms with Crippen LogP contribution in [0.2, 0.25) is 5.02 Å². The fourth-order valence-electron chi connectivity index (χ4n) is 1.70. The van der Waals surface area contributed by atoms with E-state index in [0.717, 1.165) is 12.8 Å². The number of hydrogen-bond donors (Lipinski definition) is 4. The number of urea groups is 1. The highest BCUT2D eigenvalue weighted by atomic mass is 35.5. The van der Waals surface area contributed by atoms with E-state index in [0.29, 0.717) is 13.0 Å². The lowest BCUT2D eigenvalue weighted by Gasteiger charge is -2.11. The number of sulfonamides is 1. The van der Waals surface area contributed by atoms with E-state index in [1.54, 1.807) is 0 Å². The lowest BCUT2D eigenvalue weighted by atomic mass is 10.3. The molecule has 0 spiro atoms. The molecule has 0 unspecified atom stereocenters. The Morgan fingerprint density at radius 3 is 2.73 bits per heavy atom. The summed E-state index contributed by atoms with van der Waals surface area (Å²) < 4.78 is 26.8. The van der Waals surface area contributed by atoms with E-state index >= 15 is 0 Å². The van der Waals surface area contributed by atoms with Gasteiger partial charge < -0.3 is 15.7 Å². The van der Waals surface area contributed by atoms with Crippen LogP contribution in [-0.4, -0.2) is 38.7 Å². The van der Waals surface area contributed by atoms with Gasteiger partial charge in [-0.1, -0.05) is 11.6 Å². The Bertz CT molecular complexity index is 647. The molecule has 0 radical (unpaired) electrons. The molecule has 122 valence electrons. The quantitative estimate of drug-likeness (QED) is 0.557. The molecule has 1 aromatic rings. The Balaban J connectivity index is 2.07. The molecule has 0 atom stereocenters. The topological polar surface area (TPSA) is 108 Å². The van der Waals surface area contributed by atoms with Crippen molar-refractivity contribution in [3.8, 4) is 0 Å². The summed E-state index contributed by atoms with van der Waals surface area (Å²) in [6, 6.07) is 3.62. The summed E-state index contributed by atoms with van der Waals surface area (Å²) in [6.07, 6.45) is 2.11. The smallest absolute Gasteiger partial charge is 0.319 e. The maximum Gasteiger partial charge on any atom is 0.319 e. The van der Waals surface area contributed by atoms with Gasteiger partial charge in [-0.25, -0.2) is 17.9 Å². The highest BCUT2D eigenvalue weighted by molar-refractivity contribution is 7.89. The Labute approximate surface area is 134 Å². The molecule has 0 aromatic heterocycles. The molecular weight excluding hydrogens is 330 g/mol. The van der Waals surface area contributed by atoms with Crippen molar-refractivity contribution >= 4 is 33.3 Å². The first-order valence-electron chi connectivity index (χ1n) is 6.90. The fourth-order valence-corrected chi connectivity index (χ4v) is 3.20. The average Bonchev–Trinajstić information content (AvgIpc) is 3.24. The summed E-state index contributed by atoms with van der Waals surface area (Å²) in [6.45, 7) is 0.281. The SMILES string of the molecule is O=C(NCCCO)Nc1cc(S(=O)(=O)NC2CC2)ccc1Cl. The highest BCUT2D eigenvalue weighted by Crippen LogP contribution is 2.27. The predicted molar refractivity (Wildman–Crippen MR) is 83.5 cm³/mol. The summed E-state index contributed by atoms with van der Waals surface area (Å²) in [5.74, 6) is 0. The van der Waals surface area contributed by atoms with Crippen LogP contribution in [0.25, 0.3) is 0 Å². The van der Waals surface area contributed by atoms with Crippen molar-refractivity contribution in [3.05, 3.63) is 23.2 Å². The van der Waals surface area contributed by atoms with E-state index < -0.39 is 16.1 Å². The summed E-state index contributed by atoms with van der Waals surface area (Å²) in [5.41, 5.74) is 0.210. The third kappa shape index (κ3) is 4.84. The minimum Gasteiger partial charge on any atom is -0.396 e. The first kappa shape index (κ1) is 17.0. The van der Waals surface area contributed by atoms with Gasteiger partial charge in [0.1, 0.15) is 0 Å². The van der Waals surface area contributed by atoms with Crippen LogP contribution >= 0.6 is 11.6 Å². The fraction of sp³-hybridized carbons (Fsp3) is 0.462. The zero-order valence-electron chi connectivity index (χ0n) is 11.8. The van der Waals surface area contributed by atoms with Crippen LogP contribution in [0, 0.1) is 0 Å². The van der Waals surface area contributed by atoms with Gasteiger partial charge in [-0.15, -0.1) is 0 Å². The molecule has 7 nitrogen and oxygen atoms in total. The van der Waals surface area contributed by atoms with E-state index in [1.807, 2.05) is 0 Å². The van der Waals surface area contributed by atoms with Gasteiger partial charge in [-0.2, -0.15) is 0 Å². The van der Waals surface area contributed by atoms with E-state index in [9.17, 15) is 13.2 Å². The van der Waals surface area contributed by atoms with Gasteiger partial charge in [0.2, 0.25) is 10.0 Å². The van der Waals surface area contributed by atoms with Gasteiger partial charge in [0.25, 0.3) is 0 Å². The van der Waals surface area contributed by atoms with Crippen molar-refractivity contribution in [2.75, 3.05) is 18.5 Å². The van der Waals surface area contributed by atoms with Gasteiger partial charge in [0.15, 0.2) is 0 Å². The standard InChI is InChI=1S/C13H18ClN3O4S/c14-11-5-4-10(22(20,21)17-9-2-3-9)8-12(11)16-13(19)15-6-1-7-18/h4-5,8-9,17-18H,1-3,6-7H2,(H2,15,16,19). The second-order valence-electron chi connectivity index (χ2n) is 5.00. The molecule has 2 rings (SSSR count). The van der Waals surface area contributed by atoms with Gasteiger partial charge >= 0.3 is 6.03 Å².